The SMILES string of the molecule is CCCNc1ccc(C(=O)Nc2cc(Br)ccc2Br)cc1. The molecular formula is C16H16Br2N2O. The predicted octanol–water partition coefficient (Wildman–Crippen LogP) is 5.29. The van der Waals surface area contributed by atoms with E-state index < -0.39 is 0 Å². The number of rotatable bonds is 5. The predicted molar refractivity (Wildman–Crippen MR) is 95.0 cm³/mol. The highest BCUT2D eigenvalue weighted by Crippen LogP contribution is 2.26. The molecule has 110 valence electrons. The minimum absolute atomic E-state index is 0.129. The van der Waals surface area contributed by atoms with E-state index >= 15 is 0 Å². The number of nitrogens with one attached hydrogen (secondary N) is 2. The first-order valence-electron chi connectivity index (χ1n) is 6.70. The fourth-order valence-corrected chi connectivity index (χ4v) is 2.50. The highest BCUT2D eigenvalue weighted by molar-refractivity contribution is 9.11. The van der Waals surface area contributed by atoms with Crippen LogP contribution < -0.4 is 10.6 Å². The molecule has 0 spiro atoms. The maximum Gasteiger partial charge on any atom is 0.255 e. The summed E-state index contributed by atoms with van der Waals surface area (Å²) in [5.74, 6) is -0.129. The Morgan fingerprint density at radius 3 is 2.48 bits per heavy atom. The standard InChI is InChI=1S/C16H16Br2N2O/c1-2-9-19-13-6-3-11(4-7-13)16(21)20-15-10-12(17)5-8-14(15)18/h3-8,10,19H,2,9H2,1H3,(H,20,21). The van der Waals surface area contributed by atoms with Crippen LogP contribution in [0, 0.1) is 0 Å². The fraction of sp³-hybridized carbons (Fsp3) is 0.188. The molecule has 0 saturated carbocycles. The molecule has 2 aromatic carbocycles. The van der Waals surface area contributed by atoms with Gasteiger partial charge in [0.05, 0.1) is 5.69 Å². The highest BCUT2D eigenvalue weighted by Gasteiger charge is 2.08. The average molecular weight is 412 g/mol. The molecule has 0 aliphatic heterocycles. The molecule has 0 heterocycles. The molecule has 3 nitrogen and oxygen atoms in total. The number of anilines is 2. The molecule has 2 aromatic rings. The zero-order valence-electron chi connectivity index (χ0n) is 11.6. The third kappa shape index (κ3) is 4.58. The summed E-state index contributed by atoms with van der Waals surface area (Å²) in [7, 11) is 0. The van der Waals surface area contributed by atoms with Crippen LogP contribution >= 0.6 is 31.9 Å². The Morgan fingerprint density at radius 2 is 1.81 bits per heavy atom. The van der Waals surface area contributed by atoms with E-state index in [0.29, 0.717) is 5.56 Å². The Hall–Kier alpha value is -1.33. The van der Waals surface area contributed by atoms with Crippen LogP contribution in [0.5, 0.6) is 0 Å². The highest BCUT2D eigenvalue weighted by atomic mass is 79.9. The van der Waals surface area contributed by atoms with E-state index in [4.69, 9.17) is 0 Å². The van der Waals surface area contributed by atoms with Crippen molar-refractivity contribution in [1.29, 1.82) is 0 Å². The van der Waals surface area contributed by atoms with Crippen molar-refractivity contribution < 1.29 is 4.79 Å². The van der Waals surface area contributed by atoms with Crippen molar-refractivity contribution >= 4 is 49.1 Å². The number of carbonyl (C=O) groups is 1. The van der Waals surface area contributed by atoms with E-state index in [1.165, 1.54) is 0 Å². The second-order valence-corrected chi connectivity index (χ2v) is 6.35. The van der Waals surface area contributed by atoms with Gasteiger partial charge >= 0.3 is 0 Å². The molecule has 0 fully saturated rings. The van der Waals surface area contributed by atoms with Gasteiger partial charge in [0.2, 0.25) is 0 Å². The van der Waals surface area contributed by atoms with Gasteiger partial charge in [0.15, 0.2) is 0 Å². The van der Waals surface area contributed by atoms with Crippen molar-refractivity contribution in [1.82, 2.24) is 0 Å². The van der Waals surface area contributed by atoms with Crippen molar-refractivity contribution in [2.75, 3.05) is 17.2 Å². The number of hydrogen-bond acceptors (Lipinski definition) is 2. The lowest BCUT2D eigenvalue weighted by Crippen LogP contribution is -2.12. The van der Waals surface area contributed by atoms with Crippen LogP contribution in [0.2, 0.25) is 0 Å². The van der Waals surface area contributed by atoms with E-state index in [2.05, 4.69) is 49.4 Å². The third-order valence-corrected chi connectivity index (χ3v) is 4.09. The molecule has 2 N–H and O–H groups in total. The quantitative estimate of drug-likeness (QED) is 0.702. The van der Waals surface area contributed by atoms with E-state index in [-0.39, 0.29) is 5.91 Å². The second kappa shape index (κ2) is 7.61. The van der Waals surface area contributed by atoms with Crippen LogP contribution in [-0.2, 0) is 0 Å². The molecule has 1 amide bonds. The fourth-order valence-electron chi connectivity index (χ4n) is 1.80. The van der Waals surface area contributed by atoms with Crippen LogP contribution in [0.25, 0.3) is 0 Å². The average Bonchev–Trinajstić information content (AvgIpc) is 2.49. The van der Waals surface area contributed by atoms with Crippen LogP contribution in [0.3, 0.4) is 0 Å². The molecule has 0 unspecified atom stereocenters. The lowest BCUT2D eigenvalue weighted by atomic mass is 10.2. The van der Waals surface area contributed by atoms with E-state index in [0.717, 1.165) is 33.3 Å². The Labute approximate surface area is 141 Å². The third-order valence-electron chi connectivity index (χ3n) is 2.90. The normalized spacial score (nSPS) is 10.2. The molecule has 0 atom stereocenters. The summed E-state index contributed by atoms with van der Waals surface area (Å²) in [6.07, 6.45) is 1.07. The second-order valence-electron chi connectivity index (χ2n) is 4.58. The van der Waals surface area contributed by atoms with Gasteiger partial charge in [0, 0.05) is 26.7 Å². The molecule has 0 aliphatic rings. The van der Waals surface area contributed by atoms with E-state index in [1.54, 1.807) is 0 Å². The minimum Gasteiger partial charge on any atom is -0.385 e. The number of hydrogen-bond donors (Lipinski definition) is 2. The summed E-state index contributed by atoms with van der Waals surface area (Å²) < 4.78 is 1.76. The van der Waals surface area contributed by atoms with Gasteiger partial charge in [-0.2, -0.15) is 0 Å². The van der Waals surface area contributed by atoms with Crippen molar-refractivity contribution in [2.24, 2.45) is 0 Å². The summed E-state index contributed by atoms with van der Waals surface area (Å²) in [6.45, 7) is 3.04. The number of benzene rings is 2. The molecule has 0 bridgehead atoms. The van der Waals surface area contributed by atoms with Gasteiger partial charge in [0.25, 0.3) is 5.91 Å². The van der Waals surface area contributed by atoms with E-state index in [9.17, 15) is 4.79 Å². The van der Waals surface area contributed by atoms with Crippen LogP contribution in [-0.4, -0.2) is 12.5 Å². The van der Waals surface area contributed by atoms with Crippen molar-refractivity contribution in [2.45, 2.75) is 13.3 Å². The monoisotopic (exact) mass is 410 g/mol. The van der Waals surface area contributed by atoms with Gasteiger partial charge in [0.1, 0.15) is 0 Å². The summed E-state index contributed by atoms with van der Waals surface area (Å²) >= 11 is 6.82. The minimum atomic E-state index is -0.129. The molecule has 2 rings (SSSR count). The zero-order chi connectivity index (χ0) is 15.2. The van der Waals surface area contributed by atoms with Crippen molar-refractivity contribution in [3.8, 4) is 0 Å². The number of halogens is 2. The maximum atomic E-state index is 12.2. The lowest BCUT2D eigenvalue weighted by Gasteiger charge is -2.09. The Bertz CT molecular complexity index is 627. The molecule has 0 aliphatic carbocycles. The van der Waals surface area contributed by atoms with Gasteiger partial charge in [-0.25, -0.2) is 0 Å². The van der Waals surface area contributed by atoms with Gasteiger partial charge in [-0.1, -0.05) is 22.9 Å². The van der Waals surface area contributed by atoms with E-state index in [1.807, 2.05) is 42.5 Å². The Kier molecular flexibility index (Phi) is 5.82. The van der Waals surface area contributed by atoms with Gasteiger partial charge < -0.3 is 10.6 Å². The number of amides is 1. The largest absolute Gasteiger partial charge is 0.385 e. The van der Waals surface area contributed by atoms with Gasteiger partial charge in [-0.3, -0.25) is 4.79 Å². The summed E-state index contributed by atoms with van der Waals surface area (Å²) in [5.41, 5.74) is 2.39. The van der Waals surface area contributed by atoms with Crippen molar-refractivity contribution in [3.63, 3.8) is 0 Å². The summed E-state index contributed by atoms with van der Waals surface area (Å²) in [5, 5.41) is 6.18. The molecule has 0 radical (unpaired) electrons. The molecule has 0 aromatic heterocycles. The first-order valence-corrected chi connectivity index (χ1v) is 8.29. The van der Waals surface area contributed by atoms with Crippen LogP contribution in [0.1, 0.15) is 23.7 Å². The number of carbonyl (C=O) groups excluding carboxylic acids is 1. The Morgan fingerprint density at radius 1 is 1.10 bits per heavy atom. The summed E-state index contributed by atoms with van der Waals surface area (Å²) in [4.78, 5) is 12.2. The van der Waals surface area contributed by atoms with Gasteiger partial charge in [-0.15, -0.1) is 0 Å². The Balaban J connectivity index is 2.07. The molecular weight excluding hydrogens is 396 g/mol. The first-order chi connectivity index (χ1) is 10.1. The van der Waals surface area contributed by atoms with Crippen LogP contribution in [0.15, 0.2) is 51.4 Å². The molecule has 21 heavy (non-hydrogen) atoms. The topological polar surface area (TPSA) is 41.1 Å². The van der Waals surface area contributed by atoms with Gasteiger partial charge in [-0.05, 0) is 64.8 Å². The first kappa shape index (κ1) is 16.0. The lowest BCUT2D eigenvalue weighted by molar-refractivity contribution is 0.102. The molecule has 0 saturated heterocycles. The zero-order valence-corrected chi connectivity index (χ0v) is 14.8. The maximum absolute atomic E-state index is 12.2. The smallest absolute Gasteiger partial charge is 0.255 e. The summed E-state index contributed by atoms with van der Waals surface area (Å²) in [6, 6.07) is 13.1. The van der Waals surface area contributed by atoms with Crippen molar-refractivity contribution in [3.05, 3.63) is 57.0 Å². The molecule has 5 heteroatoms. The van der Waals surface area contributed by atoms with Crippen LogP contribution in [0.4, 0.5) is 11.4 Å².